The molecule has 0 spiro atoms. The van der Waals surface area contributed by atoms with Gasteiger partial charge in [-0.2, -0.15) is 0 Å². The summed E-state index contributed by atoms with van der Waals surface area (Å²) in [6, 6.07) is 7.78. The fourth-order valence-corrected chi connectivity index (χ4v) is 2.20. The number of hydrogen-bond donors (Lipinski definition) is 1. The number of piperazine rings is 1. The van der Waals surface area contributed by atoms with Crippen molar-refractivity contribution in [3.8, 4) is 0 Å². The molecule has 1 amide bonds. The summed E-state index contributed by atoms with van der Waals surface area (Å²) >= 11 is 5.92. The fraction of sp³-hybridized carbons (Fsp3) is 0.417. The van der Waals surface area contributed by atoms with E-state index in [9.17, 15) is 4.79 Å². The third-order valence-electron chi connectivity index (χ3n) is 2.94. The highest BCUT2D eigenvalue weighted by atomic mass is 35.5. The lowest BCUT2D eigenvalue weighted by Crippen LogP contribution is -2.47. The van der Waals surface area contributed by atoms with Crippen molar-refractivity contribution in [2.45, 2.75) is 6.54 Å². The van der Waals surface area contributed by atoms with Crippen molar-refractivity contribution >= 4 is 17.7 Å². The number of benzene rings is 1. The molecule has 0 aromatic heterocycles. The van der Waals surface area contributed by atoms with Crippen molar-refractivity contribution in [3.05, 3.63) is 34.9 Å². The second kappa shape index (κ2) is 5.38. The number of amides is 1. The van der Waals surface area contributed by atoms with E-state index in [4.69, 9.17) is 16.7 Å². The van der Waals surface area contributed by atoms with Crippen LogP contribution in [-0.4, -0.2) is 47.2 Å². The molecule has 1 aromatic rings. The average Bonchev–Trinajstić information content (AvgIpc) is 2.29. The molecule has 0 radical (unpaired) electrons. The third-order valence-corrected chi connectivity index (χ3v) is 3.17. The van der Waals surface area contributed by atoms with Gasteiger partial charge in [-0.05, 0) is 17.7 Å². The summed E-state index contributed by atoms with van der Waals surface area (Å²) in [5.74, 6) is 0. The Labute approximate surface area is 105 Å². The van der Waals surface area contributed by atoms with E-state index in [1.807, 2.05) is 24.3 Å². The second-order valence-corrected chi connectivity index (χ2v) is 4.61. The van der Waals surface area contributed by atoms with Crippen molar-refractivity contribution in [2.24, 2.45) is 0 Å². The normalized spacial score (nSPS) is 17.1. The summed E-state index contributed by atoms with van der Waals surface area (Å²) < 4.78 is 0. The van der Waals surface area contributed by atoms with Crippen molar-refractivity contribution in [3.63, 3.8) is 0 Å². The molecule has 0 bridgehead atoms. The molecule has 1 saturated heterocycles. The van der Waals surface area contributed by atoms with E-state index in [0.29, 0.717) is 13.1 Å². The molecule has 1 aliphatic rings. The lowest BCUT2D eigenvalue weighted by molar-refractivity contribution is 0.103. The summed E-state index contributed by atoms with van der Waals surface area (Å²) in [6.07, 6.45) is -0.826. The highest BCUT2D eigenvalue weighted by Gasteiger charge is 2.20. The van der Waals surface area contributed by atoms with E-state index in [1.54, 1.807) is 0 Å². The minimum absolute atomic E-state index is 0.579. The smallest absolute Gasteiger partial charge is 0.407 e. The van der Waals surface area contributed by atoms with Gasteiger partial charge in [-0.1, -0.05) is 23.7 Å². The molecule has 5 heteroatoms. The first-order valence-corrected chi connectivity index (χ1v) is 5.97. The van der Waals surface area contributed by atoms with Crippen LogP contribution in [0.15, 0.2) is 24.3 Å². The lowest BCUT2D eigenvalue weighted by Gasteiger charge is -2.33. The molecule has 1 aromatic carbocycles. The summed E-state index contributed by atoms with van der Waals surface area (Å²) in [5, 5.41) is 9.58. The summed E-state index contributed by atoms with van der Waals surface area (Å²) in [4.78, 5) is 14.4. The monoisotopic (exact) mass is 254 g/mol. The Morgan fingerprint density at radius 1 is 1.29 bits per heavy atom. The molecule has 2 rings (SSSR count). The van der Waals surface area contributed by atoms with E-state index in [0.717, 1.165) is 24.7 Å². The van der Waals surface area contributed by atoms with Crippen LogP contribution in [0.25, 0.3) is 0 Å². The summed E-state index contributed by atoms with van der Waals surface area (Å²) in [5.41, 5.74) is 1.17. The van der Waals surface area contributed by atoms with Crippen LogP contribution in [-0.2, 0) is 6.54 Å². The first-order valence-electron chi connectivity index (χ1n) is 5.60. The highest BCUT2D eigenvalue weighted by Crippen LogP contribution is 2.13. The number of hydrogen-bond acceptors (Lipinski definition) is 2. The van der Waals surface area contributed by atoms with Crippen LogP contribution >= 0.6 is 11.6 Å². The van der Waals surface area contributed by atoms with Crippen LogP contribution in [0.4, 0.5) is 4.79 Å². The predicted molar refractivity (Wildman–Crippen MR) is 66.3 cm³/mol. The van der Waals surface area contributed by atoms with Gasteiger partial charge < -0.3 is 10.0 Å². The molecule has 1 N–H and O–H groups in total. The number of carboxylic acid groups (broad SMARTS) is 1. The second-order valence-electron chi connectivity index (χ2n) is 4.18. The number of rotatable bonds is 2. The third kappa shape index (κ3) is 3.35. The molecule has 1 fully saturated rings. The van der Waals surface area contributed by atoms with Crippen LogP contribution < -0.4 is 0 Å². The van der Waals surface area contributed by atoms with Gasteiger partial charge >= 0.3 is 6.09 Å². The topological polar surface area (TPSA) is 43.8 Å². The van der Waals surface area contributed by atoms with Crippen molar-refractivity contribution in [2.75, 3.05) is 26.2 Å². The molecular formula is C12H15ClN2O2. The molecular weight excluding hydrogens is 240 g/mol. The number of nitrogens with zero attached hydrogens (tertiary/aromatic N) is 2. The Kier molecular flexibility index (Phi) is 3.86. The zero-order valence-electron chi connectivity index (χ0n) is 9.47. The molecule has 0 atom stereocenters. The lowest BCUT2D eigenvalue weighted by atomic mass is 10.2. The van der Waals surface area contributed by atoms with Gasteiger partial charge in [0, 0.05) is 37.7 Å². The average molecular weight is 255 g/mol. The van der Waals surface area contributed by atoms with Crippen LogP contribution in [0.2, 0.25) is 5.02 Å². The molecule has 0 saturated carbocycles. The molecule has 92 valence electrons. The molecule has 1 heterocycles. The molecule has 17 heavy (non-hydrogen) atoms. The largest absolute Gasteiger partial charge is 0.465 e. The molecule has 0 aliphatic carbocycles. The van der Waals surface area contributed by atoms with E-state index in [2.05, 4.69) is 4.90 Å². The van der Waals surface area contributed by atoms with Gasteiger partial charge in [0.2, 0.25) is 0 Å². The zero-order chi connectivity index (χ0) is 12.3. The standard InChI is InChI=1S/C12H15ClN2O2/c13-11-3-1-2-10(8-11)9-14-4-6-15(7-5-14)12(16)17/h1-3,8H,4-7,9H2,(H,16,17). The van der Waals surface area contributed by atoms with Crippen LogP contribution in [0.1, 0.15) is 5.56 Å². The summed E-state index contributed by atoms with van der Waals surface area (Å²) in [6.45, 7) is 3.54. The quantitative estimate of drug-likeness (QED) is 0.879. The molecule has 0 unspecified atom stereocenters. The minimum atomic E-state index is -0.826. The van der Waals surface area contributed by atoms with Gasteiger partial charge in [-0.25, -0.2) is 4.79 Å². The molecule has 1 aliphatic heterocycles. The Morgan fingerprint density at radius 2 is 2.00 bits per heavy atom. The Hall–Kier alpha value is -1.26. The Bertz CT molecular complexity index is 403. The fourth-order valence-electron chi connectivity index (χ4n) is 1.99. The Balaban J connectivity index is 1.88. The molecule has 4 nitrogen and oxygen atoms in total. The van der Waals surface area contributed by atoms with E-state index in [1.165, 1.54) is 10.5 Å². The van der Waals surface area contributed by atoms with Crippen LogP contribution in [0.3, 0.4) is 0 Å². The van der Waals surface area contributed by atoms with Crippen LogP contribution in [0.5, 0.6) is 0 Å². The van der Waals surface area contributed by atoms with Crippen molar-refractivity contribution in [1.82, 2.24) is 9.80 Å². The first kappa shape index (κ1) is 12.2. The van der Waals surface area contributed by atoms with Crippen molar-refractivity contribution in [1.29, 1.82) is 0 Å². The van der Waals surface area contributed by atoms with E-state index >= 15 is 0 Å². The predicted octanol–water partition coefficient (Wildman–Crippen LogP) is 2.14. The SMILES string of the molecule is O=C(O)N1CCN(Cc2cccc(Cl)c2)CC1. The van der Waals surface area contributed by atoms with Gasteiger partial charge in [-0.3, -0.25) is 4.90 Å². The number of halogens is 1. The van der Waals surface area contributed by atoms with E-state index in [-0.39, 0.29) is 0 Å². The first-order chi connectivity index (χ1) is 8.15. The van der Waals surface area contributed by atoms with Gasteiger partial charge in [0.15, 0.2) is 0 Å². The Morgan fingerprint density at radius 3 is 2.59 bits per heavy atom. The van der Waals surface area contributed by atoms with Gasteiger partial charge in [0.25, 0.3) is 0 Å². The summed E-state index contributed by atoms with van der Waals surface area (Å²) in [7, 11) is 0. The van der Waals surface area contributed by atoms with Gasteiger partial charge in [0.1, 0.15) is 0 Å². The highest BCUT2D eigenvalue weighted by molar-refractivity contribution is 6.30. The maximum Gasteiger partial charge on any atom is 0.407 e. The maximum absolute atomic E-state index is 10.8. The van der Waals surface area contributed by atoms with E-state index < -0.39 is 6.09 Å². The zero-order valence-corrected chi connectivity index (χ0v) is 10.2. The van der Waals surface area contributed by atoms with Gasteiger partial charge in [-0.15, -0.1) is 0 Å². The van der Waals surface area contributed by atoms with Crippen molar-refractivity contribution < 1.29 is 9.90 Å². The van der Waals surface area contributed by atoms with Crippen LogP contribution in [0, 0.1) is 0 Å². The van der Waals surface area contributed by atoms with Gasteiger partial charge in [0.05, 0.1) is 0 Å². The number of carbonyl (C=O) groups is 1. The minimum Gasteiger partial charge on any atom is -0.465 e. The maximum atomic E-state index is 10.8.